The summed E-state index contributed by atoms with van der Waals surface area (Å²) in [4.78, 5) is 19.9. The number of benzene rings is 2. The van der Waals surface area contributed by atoms with Crippen molar-refractivity contribution in [1.29, 1.82) is 0 Å². The molecule has 4 aromatic rings. The van der Waals surface area contributed by atoms with Crippen molar-refractivity contribution < 1.29 is 9.47 Å². The van der Waals surface area contributed by atoms with Crippen molar-refractivity contribution in [2.45, 2.75) is 39.0 Å². The summed E-state index contributed by atoms with van der Waals surface area (Å²) >= 11 is 0. The normalized spacial score (nSPS) is 16.3. The number of fused-ring (bicyclic) bond motifs is 1. The maximum absolute atomic E-state index is 12.8. The van der Waals surface area contributed by atoms with Crippen molar-refractivity contribution in [3.8, 4) is 17.3 Å². The van der Waals surface area contributed by atoms with Gasteiger partial charge in [-0.05, 0) is 56.2 Å². The Labute approximate surface area is 199 Å². The number of aromatic nitrogens is 2. The Bertz CT molecular complexity index is 1330. The maximum Gasteiger partial charge on any atom is 0.258 e. The molecule has 0 unspecified atom stereocenters. The van der Waals surface area contributed by atoms with Crippen molar-refractivity contribution in [2.24, 2.45) is 0 Å². The van der Waals surface area contributed by atoms with Gasteiger partial charge in [0.1, 0.15) is 18.5 Å². The average molecular weight is 456 g/mol. The molecule has 0 spiro atoms. The molecule has 0 bridgehead atoms. The number of pyridine rings is 2. The number of ether oxygens (including phenoxy) is 2. The van der Waals surface area contributed by atoms with Gasteiger partial charge >= 0.3 is 0 Å². The lowest BCUT2D eigenvalue weighted by Gasteiger charge is -2.20. The van der Waals surface area contributed by atoms with E-state index in [9.17, 15) is 4.79 Å². The average Bonchev–Trinajstić information content (AvgIpc) is 3.32. The van der Waals surface area contributed by atoms with E-state index in [2.05, 4.69) is 23.7 Å². The van der Waals surface area contributed by atoms with Gasteiger partial charge in [0.2, 0.25) is 5.88 Å². The minimum Gasteiger partial charge on any atom is -0.489 e. The van der Waals surface area contributed by atoms with Crippen LogP contribution in [0, 0.1) is 0 Å². The van der Waals surface area contributed by atoms with Crippen LogP contribution in [0.5, 0.6) is 11.6 Å². The largest absolute Gasteiger partial charge is 0.489 e. The second kappa shape index (κ2) is 9.69. The smallest absolute Gasteiger partial charge is 0.258 e. The van der Waals surface area contributed by atoms with Crippen LogP contribution in [0.15, 0.2) is 83.8 Å². The molecule has 1 aliphatic rings. The first-order valence-corrected chi connectivity index (χ1v) is 11.8. The Kier molecular flexibility index (Phi) is 6.32. The Morgan fingerprint density at radius 2 is 1.88 bits per heavy atom. The molecule has 2 aromatic carbocycles. The van der Waals surface area contributed by atoms with Crippen LogP contribution in [0.1, 0.15) is 25.8 Å². The Balaban J connectivity index is 1.29. The molecule has 1 saturated heterocycles. The predicted molar refractivity (Wildman–Crippen MR) is 134 cm³/mol. The third kappa shape index (κ3) is 4.97. The van der Waals surface area contributed by atoms with Crippen LogP contribution in [0.2, 0.25) is 0 Å². The lowest BCUT2D eigenvalue weighted by atomic mass is 10.2. The van der Waals surface area contributed by atoms with Gasteiger partial charge in [-0.1, -0.05) is 30.3 Å². The minimum absolute atomic E-state index is 0.145. The van der Waals surface area contributed by atoms with Gasteiger partial charge in [0, 0.05) is 48.5 Å². The monoisotopic (exact) mass is 455 g/mol. The second-order valence-corrected chi connectivity index (χ2v) is 8.99. The molecule has 6 nitrogen and oxygen atoms in total. The highest BCUT2D eigenvalue weighted by Gasteiger charge is 2.25. The Hall–Kier alpha value is -3.64. The van der Waals surface area contributed by atoms with E-state index in [1.807, 2.05) is 66.7 Å². The number of likely N-dealkylation sites (tertiary alicyclic amines) is 1. The topological polar surface area (TPSA) is 56.6 Å². The van der Waals surface area contributed by atoms with Crippen LogP contribution in [0.25, 0.3) is 16.6 Å². The van der Waals surface area contributed by atoms with Gasteiger partial charge in [0.15, 0.2) is 0 Å². The van der Waals surface area contributed by atoms with Gasteiger partial charge < -0.3 is 9.47 Å². The van der Waals surface area contributed by atoms with E-state index >= 15 is 0 Å². The van der Waals surface area contributed by atoms with E-state index in [1.54, 1.807) is 10.8 Å². The molecular weight excluding hydrogens is 426 g/mol. The van der Waals surface area contributed by atoms with Gasteiger partial charge in [-0.3, -0.25) is 14.3 Å². The zero-order chi connectivity index (χ0) is 23.5. The van der Waals surface area contributed by atoms with Crippen molar-refractivity contribution in [1.82, 2.24) is 14.5 Å². The lowest BCUT2D eigenvalue weighted by Crippen LogP contribution is -2.30. The quantitative estimate of drug-likeness (QED) is 0.400. The fourth-order valence-corrected chi connectivity index (χ4v) is 4.30. The third-order valence-corrected chi connectivity index (χ3v) is 6.26. The molecule has 5 rings (SSSR count). The second-order valence-electron chi connectivity index (χ2n) is 8.99. The van der Waals surface area contributed by atoms with Crippen LogP contribution in [0.3, 0.4) is 0 Å². The molecule has 1 fully saturated rings. The van der Waals surface area contributed by atoms with E-state index in [4.69, 9.17) is 9.47 Å². The van der Waals surface area contributed by atoms with Gasteiger partial charge in [-0.15, -0.1) is 0 Å². The Morgan fingerprint density at radius 3 is 2.65 bits per heavy atom. The van der Waals surface area contributed by atoms with E-state index in [-0.39, 0.29) is 11.7 Å². The van der Waals surface area contributed by atoms with Gasteiger partial charge in [-0.25, -0.2) is 4.98 Å². The predicted octanol–water partition coefficient (Wildman–Crippen LogP) is 4.83. The summed E-state index contributed by atoms with van der Waals surface area (Å²) in [7, 11) is 0. The summed E-state index contributed by atoms with van der Waals surface area (Å²) in [5.74, 6) is 1.20. The molecule has 2 aromatic heterocycles. The number of nitrogens with zero attached hydrogens (tertiary/aromatic N) is 3. The number of hydrogen-bond acceptors (Lipinski definition) is 5. The van der Waals surface area contributed by atoms with Gasteiger partial charge in [-0.2, -0.15) is 0 Å². The molecule has 0 aliphatic carbocycles. The molecule has 6 heteroatoms. The zero-order valence-electron chi connectivity index (χ0n) is 19.6. The molecule has 0 saturated carbocycles. The van der Waals surface area contributed by atoms with Crippen molar-refractivity contribution in [2.75, 3.05) is 13.1 Å². The highest BCUT2D eigenvalue weighted by Crippen LogP contribution is 2.23. The summed E-state index contributed by atoms with van der Waals surface area (Å²) in [6, 6.07) is 23.5. The molecule has 0 amide bonds. The van der Waals surface area contributed by atoms with Crippen LogP contribution in [0.4, 0.5) is 0 Å². The van der Waals surface area contributed by atoms with Crippen LogP contribution < -0.4 is 15.0 Å². The van der Waals surface area contributed by atoms with Crippen molar-refractivity contribution in [3.63, 3.8) is 0 Å². The minimum atomic E-state index is -0.145. The van der Waals surface area contributed by atoms with Crippen LogP contribution in [-0.4, -0.2) is 39.7 Å². The SMILES string of the molecule is CC(C)N1CC[C@@H](Oc2ccc3cc(-n4ccc(OCc5ccccc5)cc4=O)ccc3n2)C1. The maximum atomic E-state index is 12.8. The number of hydrogen-bond donors (Lipinski definition) is 0. The first-order valence-electron chi connectivity index (χ1n) is 11.8. The standard InChI is InChI=1S/C28H29N3O3/c1-20(2)30-14-12-25(18-30)34-27-11-8-22-16-23(9-10-26(22)29-27)31-15-13-24(17-28(31)32)33-19-21-6-4-3-5-7-21/h3-11,13,15-17,20,25H,12,14,18-19H2,1-2H3/t25-/m1/s1. The van der Waals surface area contributed by atoms with E-state index in [1.165, 1.54) is 6.07 Å². The van der Waals surface area contributed by atoms with Crippen molar-refractivity contribution in [3.05, 3.63) is 94.9 Å². The molecule has 1 atom stereocenters. The highest BCUT2D eigenvalue weighted by molar-refractivity contribution is 5.81. The van der Waals surface area contributed by atoms with E-state index in [0.29, 0.717) is 24.3 Å². The van der Waals surface area contributed by atoms with Gasteiger partial charge in [0.25, 0.3) is 5.56 Å². The number of rotatable bonds is 7. The molecule has 1 aliphatic heterocycles. The molecule has 0 N–H and O–H groups in total. The van der Waals surface area contributed by atoms with E-state index < -0.39 is 0 Å². The van der Waals surface area contributed by atoms with E-state index in [0.717, 1.165) is 41.7 Å². The highest BCUT2D eigenvalue weighted by atomic mass is 16.5. The van der Waals surface area contributed by atoms with Gasteiger partial charge in [0.05, 0.1) is 5.52 Å². The molecule has 34 heavy (non-hydrogen) atoms. The Morgan fingerprint density at radius 1 is 1.03 bits per heavy atom. The first kappa shape index (κ1) is 22.2. The van der Waals surface area contributed by atoms with Crippen molar-refractivity contribution >= 4 is 10.9 Å². The summed E-state index contributed by atoms with van der Waals surface area (Å²) in [6.45, 7) is 6.84. The summed E-state index contributed by atoms with van der Waals surface area (Å²) in [5.41, 5.74) is 2.54. The fraction of sp³-hybridized carbons (Fsp3) is 0.286. The van der Waals surface area contributed by atoms with Crippen LogP contribution >= 0.6 is 0 Å². The fourth-order valence-electron chi connectivity index (χ4n) is 4.30. The molecule has 0 radical (unpaired) electrons. The van der Waals surface area contributed by atoms with Crippen LogP contribution in [-0.2, 0) is 6.61 Å². The molecule has 3 heterocycles. The third-order valence-electron chi connectivity index (χ3n) is 6.26. The lowest BCUT2D eigenvalue weighted by molar-refractivity contribution is 0.182. The summed E-state index contributed by atoms with van der Waals surface area (Å²) in [6.07, 6.45) is 2.94. The first-order chi connectivity index (χ1) is 16.5. The summed E-state index contributed by atoms with van der Waals surface area (Å²) < 4.78 is 13.5. The zero-order valence-corrected chi connectivity index (χ0v) is 19.6. The molecule has 174 valence electrons. The molecular formula is C28H29N3O3. The summed E-state index contributed by atoms with van der Waals surface area (Å²) in [5, 5.41) is 0.955.